The Hall–Kier alpha value is -1.79. The molecule has 1 aromatic carbocycles. The minimum Gasteiger partial charge on any atom is -0.497 e. The molecule has 1 unspecified atom stereocenters. The zero-order valence-corrected chi connectivity index (χ0v) is 13.0. The Kier molecular flexibility index (Phi) is 7.56. The minimum atomic E-state index is -0.610. The number of rotatable bonds is 9. The fourth-order valence-corrected chi connectivity index (χ4v) is 1.91. The molecule has 0 heterocycles. The highest BCUT2D eigenvalue weighted by Gasteiger charge is 2.25. The van der Waals surface area contributed by atoms with Crippen molar-refractivity contribution in [2.45, 2.75) is 13.0 Å². The number of nitrogens with one attached hydrogen (secondary N) is 1. The van der Waals surface area contributed by atoms with Crippen LogP contribution < -0.4 is 14.8 Å². The maximum atomic E-state index is 12.1. The van der Waals surface area contributed by atoms with E-state index in [1.54, 1.807) is 46.5 Å². The SMILES string of the molecule is CCOC(=O)C(NCCOC)c1ccc(OC)cc1OC. The van der Waals surface area contributed by atoms with Crippen LogP contribution in [0.5, 0.6) is 11.5 Å². The van der Waals surface area contributed by atoms with E-state index in [0.717, 1.165) is 0 Å². The van der Waals surface area contributed by atoms with Gasteiger partial charge in [-0.3, -0.25) is 5.32 Å². The van der Waals surface area contributed by atoms with Gasteiger partial charge in [-0.2, -0.15) is 0 Å². The van der Waals surface area contributed by atoms with Gasteiger partial charge >= 0.3 is 5.97 Å². The number of hydrogen-bond donors (Lipinski definition) is 1. The van der Waals surface area contributed by atoms with Crippen molar-refractivity contribution in [3.63, 3.8) is 0 Å². The molecule has 1 aromatic rings. The van der Waals surface area contributed by atoms with Gasteiger partial charge in [-0.25, -0.2) is 4.79 Å². The molecule has 0 aliphatic carbocycles. The summed E-state index contributed by atoms with van der Waals surface area (Å²) in [5, 5.41) is 3.11. The van der Waals surface area contributed by atoms with E-state index >= 15 is 0 Å². The number of benzene rings is 1. The average Bonchev–Trinajstić information content (AvgIpc) is 2.51. The number of carbonyl (C=O) groups is 1. The Morgan fingerprint density at radius 2 is 2.00 bits per heavy atom. The lowest BCUT2D eigenvalue weighted by molar-refractivity contribution is -0.146. The second-order valence-electron chi connectivity index (χ2n) is 4.24. The molecule has 0 spiro atoms. The fraction of sp³-hybridized carbons (Fsp3) is 0.533. The van der Waals surface area contributed by atoms with Crippen molar-refractivity contribution in [3.8, 4) is 11.5 Å². The second-order valence-corrected chi connectivity index (χ2v) is 4.24. The molecule has 21 heavy (non-hydrogen) atoms. The number of methoxy groups -OCH3 is 3. The number of hydrogen-bond acceptors (Lipinski definition) is 6. The number of carbonyl (C=O) groups excluding carboxylic acids is 1. The highest BCUT2D eigenvalue weighted by atomic mass is 16.5. The van der Waals surface area contributed by atoms with Crippen LogP contribution in [0.15, 0.2) is 18.2 Å². The van der Waals surface area contributed by atoms with Crippen LogP contribution in [0.4, 0.5) is 0 Å². The highest BCUT2D eigenvalue weighted by molar-refractivity contribution is 5.79. The van der Waals surface area contributed by atoms with Gasteiger partial charge in [0, 0.05) is 25.3 Å². The zero-order chi connectivity index (χ0) is 15.7. The summed E-state index contributed by atoms with van der Waals surface area (Å²) in [6.45, 7) is 3.11. The largest absolute Gasteiger partial charge is 0.497 e. The van der Waals surface area contributed by atoms with Gasteiger partial charge in [-0.05, 0) is 19.1 Å². The van der Waals surface area contributed by atoms with Crippen LogP contribution in [0.2, 0.25) is 0 Å². The summed E-state index contributed by atoms with van der Waals surface area (Å²) >= 11 is 0. The van der Waals surface area contributed by atoms with Gasteiger partial charge in [0.25, 0.3) is 0 Å². The monoisotopic (exact) mass is 297 g/mol. The van der Waals surface area contributed by atoms with Crippen LogP contribution in [0, 0.1) is 0 Å². The van der Waals surface area contributed by atoms with Gasteiger partial charge in [0.1, 0.15) is 17.5 Å². The van der Waals surface area contributed by atoms with E-state index in [-0.39, 0.29) is 5.97 Å². The van der Waals surface area contributed by atoms with E-state index in [0.29, 0.717) is 36.8 Å². The quantitative estimate of drug-likeness (QED) is 0.551. The summed E-state index contributed by atoms with van der Waals surface area (Å²) in [4.78, 5) is 12.1. The van der Waals surface area contributed by atoms with Crippen molar-refractivity contribution in [2.24, 2.45) is 0 Å². The molecule has 0 amide bonds. The molecule has 0 fully saturated rings. The standard InChI is InChI=1S/C15H23NO5/c1-5-21-15(17)14(16-8-9-18-2)12-7-6-11(19-3)10-13(12)20-4/h6-7,10,14,16H,5,8-9H2,1-4H3. The molecular weight excluding hydrogens is 274 g/mol. The third-order valence-corrected chi connectivity index (χ3v) is 2.93. The first kappa shape index (κ1) is 17.3. The molecule has 1 N–H and O–H groups in total. The highest BCUT2D eigenvalue weighted by Crippen LogP contribution is 2.30. The van der Waals surface area contributed by atoms with Crippen LogP contribution in [0.25, 0.3) is 0 Å². The predicted octanol–water partition coefficient (Wildman–Crippen LogP) is 1.54. The summed E-state index contributed by atoms with van der Waals surface area (Å²) in [5.41, 5.74) is 0.702. The van der Waals surface area contributed by atoms with E-state index in [1.165, 1.54) is 0 Å². The van der Waals surface area contributed by atoms with E-state index in [1.807, 2.05) is 0 Å². The Balaban J connectivity index is 3.02. The predicted molar refractivity (Wildman–Crippen MR) is 78.8 cm³/mol. The van der Waals surface area contributed by atoms with Crippen LogP contribution >= 0.6 is 0 Å². The van der Waals surface area contributed by atoms with Crippen LogP contribution in [0.3, 0.4) is 0 Å². The smallest absolute Gasteiger partial charge is 0.327 e. The van der Waals surface area contributed by atoms with E-state index in [2.05, 4.69) is 5.32 Å². The van der Waals surface area contributed by atoms with Crippen LogP contribution in [-0.2, 0) is 14.3 Å². The molecule has 0 aromatic heterocycles. The van der Waals surface area contributed by atoms with E-state index in [4.69, 9.17) is 18.9 Å². The maximum Gasteiger partial charge on any atom is 0.327 e. The Morgan fingerprint density at radius 3 is 2.57 bits per heavy atom. The zero-order valence-electron chi connectivity index (χ0n) is 13.0. The molecule has 0 saturated heterocycles. The van der Waals surface area contributed by atoms with Crippen molar-refractivity contribution in [2.75, 3.05) is 41.1 Å². The lowest BCUT2D eigenvalue weighted by atomic mass is 10.1. The molecule has 6 nitrogen and oxygen atoms in total. The number of ether oxygens (including phenoxy) is 4. The lowest BCUT2D eigenvalue weighted by Crippen LogP contribution is -2.32. The summed E-state index contributed by atoms with van der Waals surface area (Å²) in [5.74, 6) is 0.879. The van der Waals surface area contributed by atoms with Gasteiger partial charge in [0.2, 0.25) is 0 Å². The van der Waals surface area contributed by atoms with Crippen molar-refractivity contribution < 1.29 is 23.7 Å². The Bertz CT molecular complexity index is 450. The molecule has 1 rings (SSSR count). The summed E-state index contributed by atoms with van der Waals surface area (Å²) < 4.78 is 20.6. The molecule has 0 bridgehead atoms. The Morgan fingerprint density at radius 1 is 1.24 bits per heavy atom. The molecule has 0 aliphatic rings. The van der Waals surface area contributed by atoms with Crippen molar-refractivity contribution in [3.05, 3.63) is 23.8 Å². The topological polar surface area (TPSA) is 66.0 Å². The van der Waals surface area contributed by atoms with Crippen molar-refractivity contribution in [1.82, 2.24) is 5.32 Å². The number of esters is 1. The first-order chi connectivity index (χ1) is 10.2. The van der Waals surface area contributed by atoms with E-state index in [9.17, 15) is 4.79 Å². The van der Waals surface area contributed by atoms with Gasteiger partial charge in [0.05, 0.1) is 27.4 Å². The lowest BCUT2D eigenvalue weighted by Gasteiger charge is -2.20. The molecule has 0 aliphatic heterocycles. The molecule has 0 radical (unpaired) electrons. The first-order valence-electron chi connectivity index (χ1n) is 6.78. The normalized spacial score (nSPS) is 11.8. The van der Waals surface area contributed by atoms with Crippen LogP contribution in [-0.4, -0.2) is 47.1 Å². The third-order valence-electron chi connectivity index (χ3n) is 2.93. The van der Waals surface area contributed by atoms with Crippen molar-refractivity contribution in [1.29, 1.82) is 0 Å². The molecule has 0 saturated carbocycles. The minimum absolute atomic E-state index is 0.319. The van der Waals surface area contributed by atoms with Crippen molar-refractivity contribution >= 4 is 5.97 Å². The first-order valence-corrected chi connectivity index (χ1v) is 6.78. The van der Waals surface area contributed by atoms with Gasteiger partial charge < -0.3 is 18.9 Å². The molecule has 6 heteroatoms. The van der Waals surface area contributed by atoms with Gasteiger partial charge in [-0.1, -0.05) is 0 Å². The van der Waals surface area contributed by atoms with Crippen LogP contribution in [0.1, 0.15) is 18.5 Å². The Labute approximate surface area is 125 Å². The molecule has 1 atom stereocenters. The molecular formula is C15H23NO5. The average molecular weight is 297 g/mol. The van der Waals surface area contributed by atoms with E-state index < -0.39 is 6.04 Å². The third kappa shape index (κ3) is 4.91. The summed E-state index contributed by atoms with van der Waals surface area (Å²) in [7, 11) is 4.73. The molecule has 118 valence electrons. The van der Waals surface area contributed by atoms with Gasteiger partial charge in [0.15, 0.2) is 0 Å². The maximum absolute atomic E-state index is 12.1. The summed E-state index contributed by atoms with van der Waals surface area (Å²) in [6.07, 6.45) is 0. The summed E-state index contributed by atoms with van der Waals surface area (Å²) in [6, 6.07) is 4.70. The second kappa shape index (κ2) is 9.20. The fourth-order valence-electron chi connectivity index (χ4n) is 1.91. The van der Waals surface area contributed by atoms with Gasteiger partial charge in [-0.15, -0.1) is 0 Å².